The van der Waals surface area contributed by atoms with E-state index in [9.17, 15) is 4.79 Å². The first-order chi connectivity index (χ1) is 9.74. The zero-order chi connectivity index (χ0) is 13.9. The van der Waals surface area contributed by atoms with E-state index in [1.165, 1.54) is 19.4 Å². The highest BCUT2D eigenvalue weighted by Crippen LogP contribution is 2.24. The van der Waals surface area contributed by atoms with Crippen LogP contribution in [0.5, 0.6) is 0 Å². The number of carbonyl (C=O) groups excluding carboxylic acids is 1. The molecular weight excluding hydrogens is 250 g/mol. The van der Waals surface area contributed by atoms with Crippen molar-refractivity contribution in [1.82, 2.24) is 9.80 Å². The van der Waals surface area contributed by atoms with Crippen LogP contribution in [0.15, 0.2) is 30.3 Å². The van der Waals surface area contributed by atoms with Crippen LogP contribution in [-0.2, 0) is 4.79 Å². The normalized spacial score (nSPS) is 26.4. The van der Waals surface area contributed by atoms with E-state index in [4.69, 9.17) is 0 Å². The lowest BCUT2D eigenvalue weighted by atomic mass is 10.1. The van der Waals surface area contributed by atoms with E-state index in [0.717, 1.165) is 18.8 Å². The van der Waals surface area contributed by atoms with Crippen LogP contribution in [0.4, 0.5) is 5.69 Å². The Morgan fingerprint density at radius 3 is 2.90 bits per heavy atom. The zero-order valence-electron chi connectivity index (χ0n) is 12.1. The standard InChI is InChI=1S/C16H23N3O/c1-13-11-18-9-5-8-15(18)12-19(13)16(20)10-17-14-6-3-2-4-7-14/h2-4,6-7,13,15,17H,5,8-12H2,1H3. The number of piperazine rings is 1. The van der Waals surface area contributed by atoms with Crippen molar-refractivity contribution in [3.63, 3.8) is 0 Å². The highest BCUT2D eigenvalue weighted by molar-refractivity contribution is 5.81. The first-order valence-corrected chi connectivity index (χ1v) is 7.56. The van der Waals surface area contributed by atoms with Crippen molar-refractivity contribution in [2.45, 2.75) is 31.8 Å². The molecule has 2 aliphatic rings. The molecule has 2 atom stereocenters. The number of nitrogens with zero attached hydrogens (tertiary/aromatic N) is 2. The third-order valence-corrected chi connectivity index (χ3v) is 4.48. The van der Waals surface area contributed by atoms with Crippen molar-refractivity contribution in [3.05, 3.63) is 30.3 Å². The third-order valence-electron chi connectivity index (χ3n) is 4.48. The predicted molar refractivity (Wildman–Crippen MR) is 80.7 cm³/mol. The van der Waals surface area contributed by atoms with Gasteiger partial charge < -0.3 is 10.2 Å². The highest BCUT2D eigenvalue weighted by atomic mass is 16.2. The van der Waals surface area contributed by atoms with Gasteiger partial charge in [-0.3, -0.25) is 9.69 Å². The number of hydrogen-bond acceptors (Lipinski definition) is 3. The zero-order valence-corrected chi connectivity index (χ0v) is 12.1. The van der Waals surface area contributed by atoms with E-state index in [-0.39, 0.29) is 5.91 Å². The van der Waals surface area contributed by atoms with Gasteiger partial charge in [-0.2, -0.15) is 0 Å². The second-order valence-corrected chi connectivity index (χ2v) is 5.91. The van der Waals surface area contributed by atoms with Crippen LogP contribution in [-0.4, -0.2) is 54.0 Å². The topological polar surface area (TPSA) is 35.6 Å². The van der Waals surface area contributed by atoms with Gasteiger partial charge in [-0.25, -0.2) is 0 Å². The number of benzene rings is 1. The van der Waals surface area contributed by atoms with E-state index in [2.05, 4.69) is 22.0 Å². The van der Waals surface area contributed by atoms with Crippen molar-refractivity contribution in [1.29, 1.82) is 0 Å². The minimum atomic E-state index is 0.216. The minimum Gasteiger partial charge on any atom is -0.376 e. The Bertz CT molecular complexity index is 462. The van der Waals surface area contributed by atoms with Crippen molar-refractivity contribution in [3.8, 4) is 0 Å². The monoisotopic (exact) mass is 273 g/mol. The Morgan fingerprint density at radius 2 is 2.10 bits per heavy atom. The molecule has 1 N–H and O–H groups in total. The van der Waals surface area contributed by atoms with Crippen LogP contribution in [0.2, 0.25) is 0 Å². The van der Waals surface area contributed by atoms with Gasteiger partial charge >= 0.3 is 0 Å². The number of anilines is 1. The van der Waals surface area contributed by atoms with Crippen molar-refractivity contribution in [2.75, 3.05) is 31.5 Å². The fourth-order valence-electron chi connectivity index (χ4n) is 3.37. The van der Waals surface area contributed by atoms with Gasteiger partial charge in [0.25, 0.3) is 0 Å². The van der Waals surface area contributed by atoms with Crippen molar-refractivity contribution >= 4 is 11.6 Å². The number of para-hydroxylation sites is 1. The molecule has 4 heteroatoms. The molecule has 2 heterocycles. The van der Waals surface area contributed by atoms with Gasteiger partial charge in [-0.15, -0.1) is 0 Å². The predicted octanol–water partition coefficient (Wildman–Crippen LogP) is 1.79. The maximum Gasteiger partial charge on any atom is 0.242 e. The lowest BCUT2D eigenvalue weighted by Crippen LogP contribution is -2.57. The fourth-order valence-corrected chi connectivity index (χ4v) is 3.37. The third kappa shape index (κ3) is 2.80. The maximum atomic E-state index is 12.4. The summed E-state index contributed by atoms with van der Waals surface area (Å²) >= 11 is 0. The average molecular weight is 273 g/mol. The Kier molecular flexibility index (Phi) is 3.92. The van der Waals surface area contributed by atoms with Gasteiger partial charge in [0.15, 0.2) is 0 Å². The van der Waals surface area contributed by atoms with Crippen LogP contribution in [0.3, 0.4) is 0 Å². The second-order valence-electron chi connectivity index (χ2n) is 5.91. The van der Waals surface area contributed by atoms with Crippen LogP contribution in [0.25, 0.3) is 0 Å². The molecule has 108 valence electrons. The molecule has 1 amide bonds. The first-order valence-electron chi connectivity index (χ1n) is 7.56. The fraction of sp³-hybridized carbons (Fsp3) is 0.562. The molecule has 2 aliphatic heterocycles. The SMILES string of the molecule is CC1CN2CCCC2CN1C(=O)CNc1ccccc1. The molecule has 2 unspecified atom stereocenters. The molecule has 0 bridgehead atoms. The van der Waals surface area contributed by atoms with Gasteiger partial charge in [-0.05, 0) is 38.4 Å². The molecular formula is C16H23N3O. The number of hydrogen-bond donors (Lipinski definition) is 1. The molecule has 20 heavy (non-hydrogen) atoms. The molecule has 2 fully saturated rings. The van der Waals surface area contributed by atoms with Gasteiger partial charge in [0.1, 0.15) is 0 Å². The first kappa shape index (κ1) is 13.4. The summed E-state index contributed by atoms with van der Waals surface area (Å²) < 4.78 is 0. The largest absolute Gasteiger partial charge is 0.376 e. The Morgan fingerprint density at radius 1 is 1.30 bits per heavy atom. The number of carbonyl (C=O) groups is 1. The number of fused-ring (bicyclic) bond motifs is 1. The molecule has 1 aromatic carbocycles. The maximum absolute atomic E-state index is 12.4. The molecule has 1 aromatic rings. The Hall–Kier alpha value is -1.55. The minimum absolute atomic E-state index is 0.216. The van der Waals surface area contributed by atoms with E-state index in [1.807, 2.05) is 30.3 Å². The average Bonchev–Trinajstić information content (AvgIpc) is 2.92. The van der Waals surface area contributed by atoms with Crippen molar-refractivity contribution in [2.24, 2.45) is 0 Å². The molecule has 0 saturated carbocycles. The molecule has 0 aliphatic carbocycles. The lowest BCUT2D eigenvalue weighted by Gasteiger charge is -2.42. The van der Waals surface area contributed by atoms with Crippen LogP contribution in [0, 0.1) is 0 Å². The van der Waals surface area contributed by atoms with Gasteiger partial charge in [0.2, 0.25) is 5.91 Å². The summed E-state index contributed by atoms with van der Waals surface area (Å²) in [5.41, 5.74) is 1.01. The lowest BCUT2D eigenvalue weighted by molar-refractivity contribution is -0.134. The summed E-state index contributed by atoms with van der Waals surface area (Å²) in [6.45, 7) is 5.69. The van der Waals surface area contributed by atoms with Crippen molar-refractivity contribution < 1.29 is 4.79 Å². The summed E-state index contributed by atoms with van der Waals surface area (Å²) in [4.78, 5) is 17.0. The van der Waals surface area contributed by atoms with E-state index in [0.29, 0.717) is 18.6 Å². The highest BCUT2D eigenvalue weighted by Gasteiger charge is 2.36. The molecule has 0 spiro atoms. The molecule has 0 aromatic heterocycles. The molecule has 0 radical (unpaired) electrons. The molecule has 3 rings (SSSR count). The van der Waals surface area contributed by atoms with E-state index < -0.39 is 0 Å². The molecule has 4 nitrogen and oxygen atoms in total. The smallest absolute Gasteiger partial charge is 0.242 e. The molecule has 2 saturated heterocycles. The van der Waals surface area contributed by atoms with E-state index in [1.54, 1.807) is 0 Å². The summed E-state index contributed by atoms with van der Waals surface area (Å²) in [5.74, 6) is 0.216. The van der Waals surface area contributed by atoms with E-state index >= 15 is 0 Å². The van der Waals surface area contributed by atoms with Gasteiger partial charge in [0, 0.05) is 30.9 Å². The van der Waals surface area contributed by atoms with Gasteiger partial charge in [0.05, 0.1) is 6.54 Å². The Balaban J connectivity index is 1.56. The summed E-state index contributed by atoms with van der Waals surface area (Å²) in [7, 11) is 0. The second kappa shape index (κ2) is 5.83. The van der Waals surface area contributed by atoms with Crippen LogP contribution >= 0.6 is 0 Å². The van der Waals surface area contributed by atoms with Gasteiger partial charge in [-0.1, -0.05) is 18.2 Å². The summed E-state index contributed by atoms with van der Waals surface area (Å²) in [6, 6.07) is 10.8. The summed E-state index contributed by atoms with van der Waals surface area (Å²) in [5, 5.41) is 3.22. The van der Waals surface area contributed by atoms with Crippen LogP contribution in [0.1, 0.15) is 19.8 Å². The number of nitrogens with one attached hydrogen (secondary N) is 1. The number of rotatable bonds is 3. The summed E-state index contributed by atoms with van der Waals surface area (Å²) in [6.07, 6.45) is 2.52. The Labute approximate surface area is 120 Å². The number of amides is 1. The quantitative estimate of drug-likeness (QED) is 0.912. The van der Waals surface area contributed by atoms with Crippen LogP contribution < -0.4 is 5.32 Å².